The Balaban J connectivity index is 1.63. The van der Waals surface area contributed by atoms with Crippen LogP contribution in [0.2, 0.25) is 0 Å². The highest BCUT2D eigenvalue weighted by atomic mass is 16.5. The van der Waals surface area contributed by atoms with Crippen LogP contribution < -0.4 is 0 Å². The summed E-state index contributed by atoms with van der Waals surface area (Å²) in [5.74, 6) is -0.730. The normalized spacial score (nSPS) is 24.2. The monoisotopic (exact) mass is 343 g/mol. The molecular weight excluding hydrogens is 322 g/mol. The van der Waals surface area contributed by atoms with Crippen LogP contribution in [-0.4, -0.2) is 77.2 Å². The largest absolute Gasteiger partial charge is 0.480 e. The van der Waals surface area contributed by atoms with Crippen molar-refractivity contribution in [2.24, 2.45) is 5.92 Å². The Labute approximate surface area is 145 Å². The smallest absolute Gasteiger partial charge is 0.317 e. The molecule has 0 radical (unpaired) electrons. The SMILES string of the molecule is O=C(O)CN1C[C@@H]2COC[C@H](C1)N(C(=O)c1c[nH]c3ccccc13)C2. The third-order valence-corrected chi connectivity index (χ3v) is 4.98. The highest BCUT2D eigenvalue weighted by Gasteiger charge is 2.37. The minimum absolute atomic E-state index is 0.00210. The van der Waals surface area contributed by atoms with Crippen molar-refractivity contribution in [1.82, 2.24) is 14.8 Å². The zero-order valence-corrected chi connectivity index (χ0v) is 13.9. The maximum absolute atomic E-state index is 13.2. The van der Waals surface area contributed by atoms with Crippen LogP contribution in [0.25, 0.3) is 10.9 Å². The summed E-state index contributed by atoms with van der Waals surface area (Å²) in [5.41, 5.74) is 1.60. The predicted molar refractivity (Wildman–Crippen MR) is 91.5 cm³/mol. The van der Waals surface area contributed by atoms with E-state index in [1.54, 1.807) is 6.20 Å². The lowest BCUT2D eigenvalue weighted by Crippen LogP contribution is -2.47. The summed E-state index contributed by atoms with van der Waals surface area (Å²) in [5, 5.41) is 10.0. The van der Waals surface area contributed by atoms with Crippen LogP contribution in [0.4, 0.5) is 0 Å². The molecule has 2 aromatic rings. The molecule has 0 unspecified atom stereocenters. The molecule has 7 nitrogen and oxygen atoms in total. The molecule has 7 heteroatoms. The second-order valence-corrected chi connectivity index (χ2v) is 6.85. The van der Waals surface area contributed by atoms with Gasteiger partial charge in [0.1, 0.15) is 0 Å². The number of aromatic nitrogens is 1. The molecule has 2 bridgehead atoms. The lowest BCUT2D eigenvalue weighted by molar-refractivity contribution is -0.138. The van der Waals surface area contributed by atoms with Crippen molar-refractivity contribution in [2.75, 3.05) is 39.4 Å². The number of carbonyl (C=O) groups is 2. The molecule has 2 atom stereocenters. The van der Waals surface area contributed by atoms with Crippen LogP contribution in [0.1, 0.15) is 10.4 Å². The molecule has 132 valence electrons. The van der Waals surface area contributed by atoms with Crippen LogP contribution in [0, 0.1) is 5.92 Å². The zero-order chi connectivity index (χ0) is 17.4. The van der Waals surface area contributed by atoms with Crippen LogP contribution in [0.5, 0.6) is 0 Å². The number of aliphatic carboxylic acids is 1. The summed E-state index contributed by atoms with van der Waals surface area (Å²) < 4.78 is 5.72. The topological polar surface area (TPSA) is 85.9 Å². The number of hydrogen-bond donors (Lipinski definition) is 2. The molecule has 2 fully saturated rings. The van der Waals surface area contributed by atoms with Gasteiger partial charge in [-0.1, -0.05) is 18.2 Å². The first-order valence-electron chi connectivity index (χ1n) is 8.51. The van der Waals surface area contributed by atoms with Gasteiger partial charge in [0, 0.05) is 42.7 Å². The van der Waals surface area contributed by atoms with E-state index in [1.807, 2.05) is 34.1 Å². The predicted octanol–water partition coefficient (Wildman–Crippen LogP) is 1.03. The van der Waals surface area contributed by atoms with Gasteiger partial charge in [0.05, 0.1) is 31.4 Å². The number of nitrogens with zero attached hydrogens (tertiary/aromatic N) is 2. The molecular formula is C18H21N3O4. The van der Waals surface area contributed by atoms with Gasteiger partial charge in [-0.3, -0.25) is 14.5 Å². The van der Waals surface area contributed by atoms with Crippen LogP contribution in [0.15, 0.2) is 30.5 Å². The van der Waals surface area contributed by atoms with E-state index < -0.39 is 5.97 Å². The third-order valence-electron chi connectivity index (χ3n) is 4.98. The van der Waals surface area contributed by atoms with E-state index in [4.69, 9.17) is 9.84 Å². The minimum atomic E-state index is -0.838. The number of hydrogen-bond acceptors (Lipinski definition) is 4. The Kier molecular flexibility index (Phi) is 4.19. The summed E-state index contributed by atoms with van der Waals surface area (Å²) in [6.45, 7) is 2.77. The van der Waals surface area contributed by atoms with Crippen molar-refractivity contribution in [3.63, 3.8) is 0 Å². The number of carbonyl (C=O) groups excluding carboxylic acids is 1. The average Bonchev–Trinajstić information content (AvgIpc) is 2.79. The maximum atomic E-state index is 13.2. The molecule has 25 heavy (non-hydrogen) atoms. The molecule has 1 amide bonds. The lowest BCUT2D eigenvalue weighted by atomic mass is 10.1. The van der Waals surface area contributed by atoms with Gasteiger partial charge >= 0.3 is 5.97 Å². The van der Waals surface area contributed by atoms with E-state index >= 15 is 0 Å². The summed E-state index contributed by atoms with van der Waals surface area (Å²) in [7, 11) is 0. The highest BCUT2D eigenvalue weighted by molar-refractivity contribution is 6.06. The van der Waals surface area contributed by atoms with Crippen molar-refractivity contribution in [1.29, 1.82) is 0 Å². The van der Waals surface area contributed by atoms with Crippen LogP contribution >= 0.6 is 0 Å². The first-order chi connectivity index (χ1) is 12.1. The average molecular weight is 343 g/mol. The van der Waals surface area contributed by atoms with Gasteiger partial charge in [-0.25, -0.2) is 0 Å². The molecule has 1 aromatic carbocycles. The second kappa shape index (κ2) is 6.50. The number of fused-ring (bicyclic) bond motifs is 4. The van der Waals surface area contributed by atoms with Gasteiger partial charge in [0.25, 0.3) is 5.91 Å². The molecule has 2 N–H and O–H groups in total. The molecule has 2 aliphatic heterocycles. The number of H-pyrrole nitrogens is 1. The number of nitrogens with one attached hydrogen (secondary N) is 1. The van der Waals surface area contributed by atoms with Gasteiger partial charge < -0.3 is 19.7 Å². The summed E-state index contributed by atoms with van der Waals surface area (Å²) >= 11 is 0. The first-order valence-corrected chi connectivity index (χ1v) is 8.51. The number of rotatable bonds is 3. The van der Waals surface area contributed by atoms with Crippen LogP contribution in [-0.2, 0) is 9.53 Å². The molecule has 2 aliphatic rings. The van der Waals surface area contributed by atoms with Crippen molar-refractivity contribution in [3.05, 3.63) is 36.0 Å². The van der Waals surface area contributed by atoms with E-state index in [-0.39, 0.29) is 24.4 Å². The number of carboxylic acids is 1. The van der Waals surface area contributed by atoms with Crippen molar-refractivity contribution in [3.8, 4) is 0 Å². The van der Waals surface area contributed by atoms with Gasteiger partial charge in [-0.05, 0) is 6.07 Å². The highest BCUT2D eigenvalue weighted by Crippen LogP contribution is 2.25. The third kappa shape index (κ3) is 3.12. The quantitative estimate of drug-likeness (QED) is 0.869. The van der Waals surface area contributed by atoms with Gasteiger partial charge in [-0.2, -0.15) is 0 Å². The molecule has 0 aliphatic carbocycles. The van der Waals surface area contributed by atoms with Crippen molar-refractivity contribution >= 4 is 22.8 Å². The Bertz CT molecular complexity index is 802. The molecule has 2 saturated heterocycles. The van der Waals surface area contributed by atoms with E-state index in [2.05, 4.69) is 4.98 Å². The Morgan fingerprint density at radius 2 is 2.04 bits per heavy atom. The summed E-state index contributed by atoms with van der Waals surface area (Å²) in [4.78, 5) is 31.2. The van der Waals surface area contributed by atoms with Gasteiger partial charge in [-0.15, -0.1) is 0 Å². The number of ether oxygens (including phenoxy) is 1. The fourth-order valence-corrected chi connectivity index (χ4v) is 3.91. The first kappa shape index (κ1) is 16.1. The zero-order valence-electron chi connectivity index (χ0n) is 13.9. The molecule has 0 saturated carbocycles. The molecule has 0 spiro atoms. The number of amides is 1. The maximum Gasteiger partial charge on any atom is 0.317 e. The Morgan fingerprint density at radius 1 is 1.20 bits per heavy atom. The number of aromatic amines is 1. The summed E-state index contributed by atoms with van der Waals surface area (Å²) in [6, 6.07) is 7.61. The standard InChI is InChI=1S/C18H21N3O4/c22-17(23)9-20-6-12-7-21(13(8-20)11-25-10-12)18(24)15-5-19-16-4-2-1-3-14(15)16/h1-5,12-13,19H,6-11H2,(H,22,23)/t12-,13-/m0/s1. The fraction of sp³-hybridized carbons (Fsp3) is 0.444. The van der Waals surface area contributed by atoms with E-state index in [0.29, 0.717) is 38.4 Å². The van der Waals surface area contributed by atoms with Crippen molar-refractivity contribution < 1.29 is 19.4 Å². The van der Waals surface area contributed by atoms with Gasteiger partial charge in [0.15, 0.2) is 0 Å². The van der Waals surface area contributed by atoms with Crippen molar-refractivity contribution in [2.45, 2.75) is 6.04 Å². The van der Waals surface area contributed by atoms with E-state index in [1.165, 1.54) is 0 Å². The second-order valence-electron chi connectivity index (χ2n) is 6.85. The minimum Gasteiger partial charge on any atom is -0.480 e. The van der Waals surface area contributed by atoms with Crippen LogP contribution in [0.3, 0.4) is 0 Å². The molecule has 3 heterocycles. The fourth-order valence-electron chi connectivity index (χ4n) is 3.91. The Hall–Kier alpha value is -2.38. The number of carboxylic acid groups (broad SMARTS) is 1. The van der Waals surface area contributed by atoms with Gasteiger partial charge in [0.2, 0.25) is 0 Å². The Morgan fingerprint density at radius 3 is 2.88 bits per heavy atom. The lowest BCUT2D eigenvalue weighted by Gasteiger charge is -2.30. The molecule has 4 rings (SSSR count). The number of para-hydroxylation sites is 1. The summed E-state index contributed by atoms with van der Waals surface area (Å²) in [6.07, 6.45) is 1.76. The van der Waals surface area contributed by atoms with E-state index in [0.717, 1.165) is 10.9 Å². The molecule has 1 aromatic heterocycles. The van der Waals surface area contributed by atoms with E-state index in [9.17, 15) is 9.59 Å². The number of benzene rings is 1.